The molecule has 0 bridgehead atoms. The predicted octanol–water partition coefficient (Wildman–Crippen LogP) is 2.84. The van der Waals surface area contributed by atoms with Crippen molar-refractivity contribution in [2.45, 2.75) is 39.7 Å². The first kappa shape index (κ1) is 19.3. The van der Waals surface area contributed by atoms with Gasteiger partial charge < -0.3 is 19.0 Å². The number of ether oxygens (including phenoxy) is 1. The van der Waals surface area contributed by atoms with Gasteiger partial charge in [0.2, 0.25) is 11.8 Å². The van der Waals surface area contributed by atoms with Crippen LogP contribution in [0.1, 0.15) is 30.6 Å². The van der Waals surface area contributed by atoms with Crippen LogP contribution in [0.25, 0.3) is 11.5 Å². The average Bonchev–Trinajstić information content (AvgIpc) is 3.29. The minimum absolute atomic E-state index is 0.0101. The van der Waals surface area contributed by atoms with Crippen LogP contribution in [0.5, 0.6) is 0 Å². The number of amides is 1. The molecule has 9 nitrogen and oxygen atoms in total. The highest BCUT2D eigenvalue weighted by Gasteiger charge is 2.20. The highest BCUT2D eigenvalue weighted by molar-refractivity contribution is 5.94. The second-order valence-corrected chi connectivity index (χ2v) is 6.31. The lowest BCUT2D eigenvalue weighted by Crippen LogP contribution is -2.30. The van der Waals surface area contributed by atoms with E-state index in [2.05, 4.69) is 20.7 Å². The number of hydrogen-bond donors (Lipinski definition) is 1. The molecular weight excluding hydrogens is 364 g/mol. The first-order valence-electron chi connectivity index (χ1n) is 8.74. The number of nitrogens with one attached hydrogen (secondary N) is 1. The molecule has 0 aliphatic rings. The Hall–Kier alpha value is -3.49. The number of rotatable bonds is 7. The van der Waals surface area contributed by atoms with Gasteiger partial charge in [-0.05, 0) is 32.9 Å². The molecule has 2 aromatic heterocycles. The summed E-state index contributed by atoms with van der Waals surface area (Å²) in [5, 5.41) is 14.1. The Kier molecular flexibility index (Phi) is 5.83. The van der Waals surface area contributed by atoms with Crippen molar-refractivity contribution in [3.63, 3.8) is 0 Å². The summed E-state index contributed by atoms with van der Waals surface area (Å²) in [5.74, 6) is 0.487. The van der Waals surface area contributed by atoms with E-state index < -0.39 is 18.0 Å². The highest BCUT2D eigenvalue weighted by atomic mass is 16.5. The summed E-state index contributed by atoms with van der Waals surface area (Å²) < 4.78 is 15.5. The Morgan fingerprint density at radius 1 is 1.18 bits per heavy atom. The monoisotopic (exact) mass is 384 g/mol. The number of aromatic nitrogens is 3. The fraction of sp³-hybridized carbons (Fsp3) is 0.316. The lowest BCUT2D eigenvalue weighted by molar-refractivity contribution is -0.153. The van der Waals surface area contributed by atoms with Crippen molar-refractivity contribution in [2.75, 3.05) is 5.32 Å². The van der Waals surface area contributed by atoms with Crippen LogP contribution in [-0.2, 0) is 20.7 Å². The fourth-order valence-corrected chi connectivity index (χ4v) is 2.34. The molecule has 0 aliphatic heterocycles. The second kappa shape index (κ2) is 8.47. The van der Waals surface area contributed by atoms with Gasteiger partial charge in [0.25, 0.3) is 5.91 Å². The third-order valence-corrected chi connectivity index (χ3v) is 3.87. The number of anilines is 1. The van der Waals surface area contributed by atoms with Gasteiger partial charge in [0.05, 0.1) is 6.42 Å². The largest absolute Gasteiger partial charge is 0.453 e. The molecule has 0 aliphatic carbocycles. The van der Waals surface area contributed by atoms with Gasteiger partial charge in [-0.1, -0.05) is 22.9 Å². The lowest BCUT2D eigenvalue weighted by atomic mass is 10.1. The maximum Gasteiger partial charge on any atom is 0.307 e. The van der Waals surface area contributed by atoms with Crippen molar-refractivity contribution in [3.05, 3.63) is 47.5 Å². The molecule has 0 saturated carbocycles. The SMILES string of the molecule is Cc1ccc(-c2nnc(CCC(=O)OC(C)C(=O)Nc3cc(C)on3)o2)cc1. The van der Waals surface area contributed by atoms with Crippen LogP contribution in [0, 0.1) is 13.8 Å². The summed E-state index contributed by atoms with van der Waals surface area (Å²) in [4.78, 5) is 24.0. The molecular formula is C19H20N4O5. The number of esters is 1. The molecule has 1 unspecified atom stereocenters. The summed E-state index contributed by atoms with van der Waals surface area (Å²) in [7, 11) is 0. The normalized spacial score (nSPS) is 11.8. The zero-order chi connectivity index (χ0) is 20.1. The van der Waals surface area contributed by atoms with Gasteiger partial charge in [-0.2, -0.15) is 0 Å². The molecule has 0 radical (unpaired) electrons. The van der Waals surface area contributed by atoms with Gasteiger partial charge in [0.15, 0.2) is 11.9 Å². The van der Waals surface area contributed by atoms with Crippen molar-refractivity contribution < 1.29 is 23.3 Å². The number of aryl methyl sites for hydroxylation is 3. The second-order valence-electron chi connectivity index (χ2n) is 6.31. The molecule has 3 aromatic rings. The Morgan fingerprint density at radius 2 is 1.93 bits per heavy atom. The Balaban J connectivity index is 1.47. The summed E-state index contributed by atoms with van der Waals surface area (Å²) in [6.07, 6.45) is -0.750. The summed E-state index contributed by atoms with van der Waals surface area (Å²) >= 11 is 0. The molecule has 1 atom stereocenters. The van der Waals surface area contributed by atoms with Crippen molar-refractivity contribution >= 4 is 17.7 Å². The van der Waals surface area contributed by atoms with Crippen molar-refractivity contribution in [1.82, 2.24) is 15.4 Å². The molecule has 1 aromatic carbocycles. The Morgan fingerprint density at radius 3 is 2.61 bits per heavy atom. The zero-order valence-corrected chi connectivity index (χ0v) is 15.8. The van der Waals surface area contributed by atoms with Crippen LogP contribution in [0.15, 0.2) is 39.3 Å². The van der Waals surface area contributed by atoms with Gasteiger partial charge in [0.1, 0.15) is 5.76 Å². The number of carbonyl (C=O) groups excluding carboxylic acids is 2. The van der Waals surface area contributed by atoms with E-state index in [0.29, 0.717) is 17.5 Å². The summed E-state index contributed by atoms with van der Waals surface area (Å²) in [5.41, 5.74) is 1.93. The van der Waals surface area contributed by atoms with Crippen molar-refractivity contribution in [1.29, 1.82) is 0 Å². The quantitative estimate of drug-likeness (QED) is 0.617. The molecule has 2 heterocycles. The zero-order valence-electron chi connectivity index (χ0n) is 15.8. The Labute approximate surface area is 161 Å². The maximum atomic E-state index is 12.0. The molecule has 0 saturated heterocycles. The van der Waals surface area contributed by atoms with Crippen molar-refractivity contribution in [3.8, 4) is 11.5 Å². The van der Waals surface area contributed by atoms with Crippen LogP contribution < -0.4 is 5.32 Å². The molecule has 0 spiro atoms. The van der Waals surface area contributed by atoms with Crippen LogP contribution in [0.3, 0.4) is 0 Å². The fourth-order valence-electron chi connectivity index (χ4n) is 2.34. The first-order chi connectivity index (χ1) is 13.4. The highest BCUT2D eigenvalue weighted by Crippen LogP contribution is 2.19. The topological polar surface area (TPSA) is 120 Å². The van der Waals surface area contributed by atoms with Crippen molar-refractivity contribution in [2.24, 2.45) is 0 Å². The third kappa shape index (κ3) is 5.03. The summed E-state index contributed by atoms with van der Waals surface area (Å²) in [6, 6.07) is 9.23. The van der Waals surface area contributed by atoms with Gasteiger partial charge in [-0.15, -0.1) is 10.2 Å². The number of hydrogen-bond acceptors (Lipinski definition) is 8. The van der Waals surface area contributed by atoms with Gasteiger partial charge in [-0.3, -0.25) is 9.59 Å². The standard InChI is InChI=1S/C19H20N4O5/c1-11-4-6-14(7-5-11)19-22-21-16(27-19)8-9-17(24)26-13(3)18(25)20-15-10-12(2)28-23-15/h4-7,10,13H,8-9H2,1-3H3,(H,20,23,25). The lowest BCUT2D eigenvalue weighted by Gasteiger charge is -2.11. The van der Waals surface area contributed by atoms with Crippen LogP contribution in [0.4, 0.5) is 5.82 Å². The van der Waals surface area contributed by atoms with E-state index in [1.165, 1.54) is 6.92 Å². The van der Waals surface area contributed by atoms with Gasteiger partial charge in [-0.25, -0.2) is 0 Å². The van der Waals surface area contributed by atoms with E-state index in [-0.39, 0.29) is 18.7 Å². The minimum Gasteiger partial charge on any atom is -0.453 e. The molecule has 28 heavy (non-hydrogen) atoms. The molecule has 1 amide bonds. The molecule has 0 fully saturated rings. The third-order valence-electron chi connectivity index (χ3n) is 3.87. The number of carbonyl (C=O) groups is 2. The summed E-state index contributed by atoms with van der Waals surface area (Å²) in [6.45, 7) is 5.17. The van der Waals surface area contributed by atoms with E-state index in [9.17, 15) is 9.59 Å². The molecule has 3 rings (SSSR count). The van der Waals surface area contributed by atoms with E-state index in [1.54, 1.807) is 13.0 Å². The average molecular weight is 384 g/mol. The van der Waals surface area contributed by atoms with E-state index in [0.717, 1.165) is 11.1 Å². The van der Waals surface area contributed by atoms with E-state index in [1.807, 2.05) is 31.2 Å². The van der Waals surface area contributed by atoms with Crippen LogP contribution in [0.2, 0.25) is 0 Å². The van der Waals surface area contributed by atoms with E-state index >= 15 is 0 Å². The molecule has 1 N–H and O–H groups in total. The minimum atomic E-state index is -0.977. The van der Waals surface area contributed by atoms with Gasteiger partial charge in [0, 0.05) is 18.1 Å². The predicted molar refractivity (Wildman–Crippen MR) is 98.2 cm³/mol. The smallest absolute Gasteiger partial charge is 0.307 e. The molecule has 146 valence electrons. The van der Waals surface area contributed by atoms with E-state index in [4.69, 9.17) is 13.7 Å². The van der Waals surface area contributed by atoms with Crippen LogP contribution >= 0.6 is 0 Å². The Bertz CT molecular complexity index is 961. The number of nitrogens with zero attached hydrogens (tertiary/aromatic N) is 3. The van der Waals surface area contributed by atoms with Crippen LogP contribution in [-0.4, -0.2) is 33.3 Å². The maximum absolute atomic E-state index is 12.0. The first-order valence-corrected chi connectivity index (χ1v) is 8.74. The van der Waals surface area contributed by atoms with Gasteiger partial charge >= 0.3 is 5.97 Å². The number of benzene rings is 1. The molecule has 9 heteroatoms.